The maximum Gasteiger partial charge on any atom is 0.277 e. The van der Waals surface area contributed by atoms with E-state index in [1.807, 2.05) is 42.5 Å². The topological polar surface area (TPSA) is 112 Å². The number of benzene rings is 3. The average Bonchev–Trinajstić information content (AvgIpc) is 2.86. The van der Waals surface area contributed by atoms with Crippen molar-refractivity contribution in [3.8, 4) is 17.9 Å². The molecule has 33 heavy (non-hydrogen) atoms. The number of aliphatic hydroxyl groups is 1. The number of fused-ring (bicyclic) bond motifs is 1. The fraction of sp³-hybridized carbons (Fsp3) is 0.0769. The monoisotopic (exact) mass is 434 g/mol. The maximum absolute atomic E-state index is 13.4. The highest BCUT2D eigenvalue weighted by molar-refractivity contribution is 5.82. The van der Waals surface area contributed by atoms with Crippen molar-refractivity contribution in [2.75, 3.05) is 7.11 Å². The molecule has 4 aromatic rings. The molecular formula is C26H18N4O3. The lowest BCUT2D eigenvalue weighted by Crippen LogP contribution is -2.25. The van der Waals surface area contributed by atoms with Crippen molar-refractivity contribution in [1.29, 1.82) is 10.5 Å². The van der Waals surface area contributed by atoms with Crippen LogP contribution >= 0.6 is 0 Å². The number of methoxy groups -OCH3 is 1. The van der Waals surface area contributed by atoms with Crippen LogP contribution in [-0.4, -0.2) is 21.8 Å². The van der Waals surface area contributed by atoms with Crippen LogP contribution in [0.3, 0.4) is 0 Å². The molecule has 1 N–H and O–H groups in total. The van der Waals surface area contributed by atoms with E-state index in [0.29, 0.717) is 22.3 Å². The van der Waals surface area contributed by atoms with Gasteiger partial charge in [-0.15, -0.1) is 0 Å². The van der Waals surface area contributed by atoms with Gasteiger partial charge in [0.1, 0.15) is 29.3 Å². The Morgan fingerprint density at radius 3 is 2.36 bits per heavy atom. The normalized spacial score (nSPS) is 11.1. The highest BCUT2D eigenvalue weighted by atomic mass is 16.5. The van der Waals surface area contributed by atoms with Gasteiger partial charge in [0.15, 0.2) is 0 Å². The minimum absolute atomic E-state index is 0.0142. The summed E-state index contributed by atoms with van der Waals surface area (Å²) in [4.78, 5) is 17.8. The zero-order valence-corrected chi connectivity index (χ0v) is 17.7. The molecule has 0 bridgehead atoms. The molecule has 0 aliphatic heterocycles. The number of aromatic nitrogens is 2. The second-order valence-corrected chi connectivity index (χ2v) is 7.24. The van der Waals surface area contributed by atoms with E-state index < -0.39 is 5.56 Å². The number of rotatable bonds is 5. The predicted octanol–water partition coefficient (Wildman–Crippen LogP) is 4.25. The molecule has 0 saturated carbocycles. The summed E-state index contributed by atoms with van der Waals surface area (Å²) in [5.41, 5.74) is 2.08. The quantitative estimate of drug-likeness (QED) is 0.470. The van der Waals surface area contributed by atoms with Gasteiger partial charge in [0.2, 0.25) is 0 Å². The zero-order chi connectivity index (χ0) is 23.4. The fourth-order valence-electron chi connectivity index (χ4n) is 3.48. The third-order valence-corrected chi connectivity index (χ3v) is 5.19. The summed E-state index contributed by atoms with van der Waals surface area (Å²) in [6, 6.07) is 23.1. The lowest BCUT2D eigenvalue weighted by molar-refractivity contribution is 0.414. The molecule has 0 amide bonds. The van der Waals surface area contributed by atoms with E-state index in [4.69, 9.17) is 4.74 Å². The predicted molar refractivity (Wildman–Crippen MR) is 124 cm³/mol. The Morgan fingerprint density at radius 2 is 1.73 bits per heavy atom. The van der Waals surface area contributed by atoms with Gasteiger partial charge in [0, 0.05) is 11.6 Å². The first-order chi connectivity index (χ1) is 16.0. The van der Waals surface area contributed by atoms with Crippen LogP contribution in [0.15, 0.2) is 71.5 Å². The first kappa shape index (κ1) is 21.4. The molecular weight excluding hydrogens is 416 g/mol. The lowest BCUT2D eigenvalue weighted by atomic mass is 10.1. The van der Waals surface area contributed by atoms with Gasteiger partial charge in [-0.25, -0.2) is 4.98 Å². The second kappa shape index (κ2) is 9.09. The van der Waals surface area contributed by atoms with Gasteiger partial charge < -0.3 is 14.4 Å². The van der Waals surface area contributed by atoms with Crippen LogP contribution in [0.25, 0.3) is 22.9 Å². The Kier molecular flexibility index (Phi) is 5.88. The fourth-order valence-corrected chi connectivity index (χ4v) is 3.48. The van der Waals surface area contributed by atoms with Crippen molar-refractivity contribution < 1.29 is 9.84 Å². The molecule has 160 valence electrons. The molecule has 4 rings (SSSR count). The van der Waals surface area contributed by atoms with Gasteiger partial charge in [-0.2, -0.15) is 10.5 Å². The van der Waals surface area contributed by atoms with Crippen molar-refractivity contribution in [1.82, 2.24) is 9.55 Å². The molecule has 0 fully saturated rings. The van der Waals surface area contributed by atoms with Gasteiger partial charge in [-0.05, 0) is 42.0 Å². The van der Waals surface area contributed by atoms with Crippen LogP contribution in [0.4, 0.5) is 0 Å². The smallest absolute Gasteiger partial charge is 0.277 e. The summed E-state index contributed by atoms with van der Waals surface area (Å²) in [6.45, 7) is 0.236. The van der Waals surface area contributed by atoms with E-state index in [-0.39, 0.29) is 29.1 Å². The van der Waals surface area contributed by atoms with Gasteiger partial charge in [-0.3, -0.25) is 4.79 Å². The van der Waals surface area contributed by atoms with Crippen molar-refractivity contribution in [3.63, 3.8) is 0 Å². The molecule has 0 atom stereocenters. The number of nitrogens with zero attached hydrogens (tertiary/aromatic N) is 4. The average molecular weight is 434 g/mol. The highest BCUT2D eigenvalue weighted by Crippen LogP contribution is 2.21. The summed E-state index contributed by atoms with van der Waals surface area (Å²) in [5, 5.41) is 29.5. The van der Waals surface area contributed by atoms with Crippen LogP contribution in [0, 0.1) is 22.7 Å². The van der Waals surface area contributed by atoms with E-state index in [0.717, 1.165) is 5.56 Å². The van der Waals surface area contributed by atoms with Gasteiger partial charge >= 0.3 is 0 Å². The first-order valence-corrected chi connectivity index (χ1v) is 10.0. The molecule has 0 spiro atoms. The van der Waals surface area contributed by atoms with Crippen molar-refractivity contribution in [2.24, 2.45) is 0 Å². The Balaban J connectivity index is 1.93. The van der Waals surface area contributed by atoms with E-state index in [1.54, 1.807) is 31.4 Å². The van der Waals surface area contributed by atoms with Crippen molar-refractivity contribution >= 4 is 22.9 Å². The minimum Gasteiger partial charge on any atom is -0.507 e. The standard InChI is InChI=1S/C26H18N4O3/c1-33-21-9-7-18(8-10-21)25(31)13-23-26(32)30(16-17-5-3-2-4-6-17)24-12-20(15-28)19(14-27)11-22(24)29-23/h2-13,31H,16H2,1H3. The zero-order valence-electron chi connectivity index (χ0n) is 17.7. The second-order valence-electron chi connectivity index (χ2n) is 7.24. The number of nitriles is 2. The molecule has 0 aliphatic rings. The van der Waals surface area contributed by atoms with Gasteiger partial charge in [0.05, 0.1) is 35.8 Å². The van der Waals surface area contributed by atoms with Crippen LogP contribution < -0.4 is 10.3 Å². The largest absolute Gasteiger partial charge is 0.507 e. The molecule has 0 radical (unpaired) electrons. The molecule has 1 aromatic heterocycles. The number of aliphatic hydroxyl groups excluding tert-OH is 1. The third-order valence-electron chi connectivity index (χ3n) is 5.19. The summed E-state index contributed by atoms with van der Waals surface area (Å²) < 4.78 is 6.62. The van der Waals surface area contributed by atoms with E-state index in [2.05, 4.69) is 4.98 Å². The van der Waals surface area contributed by atoms with E-state index in [1.165, 1.54) is 22.8 Å². The molecule has 7 heteroatoms. The third kappa shape index (κ3) is 4.30. The van der Waals surface area contributed by atoms with Crippen LogP contribution in [0.2, 0.25) is 0 Å². The molecule has 7 nitrogen and oxygen atoms in total. The SMILES string of the molecule is COc1ccc(C(O)=Cc2nc3cc(C#N)c(C#N)cc3n(Cc3ccccc3)c2=O)cc1. The number of ether oxygens (including phenoxy) is 1. The maximum atomic E-state index is 13.4. The first-order valence-electron chi connectivity index (χ1n) is 10.0. The van der Waals surface area contributed by atoms with Gasteiger partial charge in [0.25, 0.3) is 5.56 Å². The molecule has 0 saturated heterocycles. The van der Waals surface area contributed by atoms with Crippen LogP contribution in [0.1, 0.15) is 27.9 Å². The van der Waals surface area contributed by atoms with Crippen molar-refractivity contribution in [3.05, 3.63) is 105 Å². The minimum atomic E-state index is -0.431. The summed E-state index contributed by atoms with van der Waals surface area (Å²) >= 11 is 0. The van der Waals surface area contributed by atoms with Crippen molar-refractivity contribution in [2.45, 2.75) is 6.54 Å². The highest BCUT2D eigenvalue weighted by Gasteiger charge is 2.15. The van der Waals surface area contributed by atoms with Crippen LogP contribution in [0.5, 0.6) is 5.75 Å². The molecule has 0 aliphatic carbocycles. The summed E-state index contributed by atoms with van der Waals surface area (Å²) in [5.74, 6) is 0.500. The summed E-state index contributed by atoms with van der Waals surface area (Å²) in [6.07, 6.45) is 1.30. The molecule has 3 aromatic carbocycles. The van der Waals surface area contributed by atoms with Gasteiger partial charge in [-0.1, -0.05) is 30.3 Å². The summed E-state index contributed by atoms with van der Waals surface area (Å²) in [7, 11) is 1.55. The Hall–Kier alpha value is -4.88. The van der Waals surface area contributed by atoms with E-state index >= 15 is 0 Å². The Bertz CT molecular complexity index is 1510. The van der Waals surface area contributed by atoms with E-state index in [9.17, 15) is 20.4 Å². The van der Waals surface area contributed by atoms with Crippen LogP contribution in [-0.2, 0) is 6.54 Å². The molecule has 1 heterocycles. The lowest BCUT2D eigenvalue weighted by Gasteiger charge is -2.13. The Morgan fingerprint density at radius 1 is 1.06 bits per heavy atom. The number of hydrogen-bond acceptors (Lipinski definition) is 6. The molecule has 0 unspecified atom stereocenters. The Labute approximate surface area is 189 Å². The number of hydrogen-bond donors (Lipinski definition) is 1.